The fourth-order valence-corrected chi connectivity index (χ4v) is 3.34. The first-order valence-electron chi connectivity index (χ1n) is 7.30. The SMILES string of the molecule is Cc1ccc(C(=O)N=C2SCCN2Cc2ccc(Cl)nc2)cc1. The predicted octanol–water partition coefficient (Wildman–Crippen LogP) is 3.79. The molecule has 1 saturated heterocycles. The summed E-state index contributed by atoms with van der Waals surface area (Å²) < 4.78 is 0. The van der Waals surface area contributed by atoms with Gasteiger partial charge in [-0.2, -0.15) is 4.99 Å². The number of nitrogens with zero attached hydrogens (tertiary/aromatic N) is 3. The summed E-state index contributed by atoms with van der Waals surface area (Å²) >= 11 is 7.42. The Morgan fingerprint density at radius 2 is 2.09 bits per heavy atom. The number of amidine groups is 1. The Hall–Kier alpha value is -1.85. The van der Waals surface area contributed by atoms with E-state index >= 15 is 0 Å². The number of hydrogen-bond donors (Lipinski definition) is 0. The van der Waals surface area contributed by atoms with Crippen LogP contribution in [0.3, 0.4) is 0 Å². The van der Waals surface area contributed by atoms with Crippen LogP contribution in [-0.4, -0.2) is 33.3 Å². The largest absolute Gasteiger partial charge is 0.346 e. The summed E-state index contributed by atoms with van der Waals surface area (Å²) in [4.78, 5) is 22.8. The second kappa shape index (κ2) is 7.15. The summed E-state index contributed by atoms with van der Waals surface area (Å²) in [5, 5.41) is 1.25. The number of rotatable bonds is 3. The molecule has 1 aromatic carbocycles. The van der Waals surface area contributed by atoms with Gasteiger partial charge in [0.1, 0.15) is 5.15 Å². The highest BCUT2D eigenvalue weighted by Crippen LogP contribution is 2.21. The molecule has 0 N–H and O–H groups in total. The normalized spacial score (nSPS) is 16.1. The number of aryl methyl sites for hydroxylation is 1. The number of carbonyl (C=O) groups is 1. The lowest BCUT2D eigenvalue weighted by Gasteiger charge is -2.17. The van der Waals surface area contributed by atoms with Crippen molar-refractivity contribution in [3.05, 3.63) is 64.4 Å². The molecule has 1 fully saturated rings. The van der Waals surface area contributed by atoms with Gasteiger partial charge in [-0.1, -0.05) is 47.1 Å². The minimum atomic E-state index is -0.200. The Kier molecular flexibility index (Phi) is 4.98. The van der Waals surface area contributed by atoms with Crippen LogP contribution in [0.5, 0.6) is 0 Å². The first-order chi connectivity index (χ1) is 11.1. The first-order valence-corrected chi connectivity index (χ1v) is 8.66. The number of benzene rings is 1. The van der Waals surface area contributed by atoms with Crippen molar-refractivity contribution in [3.63, 3.8) is 0 Å². The van der Waals surface area contributed by atoms with E-state index < -0.39 is 0 Å². The number of aliphatic imine (C=N–C) groups is 1. The Morgan fingerprint density at radius 1 is 1.30 bits per heavy atom. The summed E-state index contributed by atoms with van der Waals surface area (Å²) in [5.41, 5.74) is 2.79. The molecule has 118 valence electrons. The van der Waals surface area contributed by atoms with Crippen LogP contribution in [0, 0.1) is 6.92 Å². The molecule has 0 spiro atoms. The maximum atomic E-state index is 12.3. The van der Waals surface area contributed by atoms with Gasteiger partial charge in [0.05, 0.1) is 0 Å². The van der Waals surface area contributed by atoms with Gasteiger partial charge in [-0.15, -0.1) is 0 Å². The highest BCUT2D eigenvalue weighted by atomic mass is 35.5. The van der Waals surface area contributed by atoms with Gasteiger partial charge in [0.15, 0.2) is 5.17 Å². The molecule has 0 saturated carbocycles. The summed E-state index contributed by atoms with van der Waals surface area (Å²) in [6.45, 7) is 3.54. The van der Waals surface area contributed by atoms with Crippen molar-refractivity contribution >= 4 is 34.4 Å². The molecule has 0 aliphatic carbocycles. The Bertz CT molecular complexity index is 729. The van der Waals surface area contributed by atoms with Gasteiger partial charge in [-0.25, -0.2) is 4.98 Å². The Morgan fingerprint density at radius 3 is 2.78 bits per heavy atom. The fraction of sp³-hybridized carbons (Fsp3) is 0.235. The van der Waals surface area contributed by atoms with Crippen molar-refractivity contribution in [2.75, 3.05) is 12.3 Å². The molecule has 2 aromatic rings. The zero-order chi connectivity index (χ0) is 16.2. The molecule has 0 radical (unpaired) electrons. The van der Waals surface area contributed by atoms with E-state index in [-0.39, 0.29) is 5.91 Å². The molecule has 1 aliphatic rings. The average Bonchev–Trinajstić information content (AvgIpc) is 2.97. The molecule has 0 atom stereocenters. The fourth-order valence-electron chi connectivity index (χ4n) is 2.25. The highest BCUT2D eigenvalue weighted by Gasteiger charge is 2.21. The van der Waals surface area contributed by atoms with Crippen molar-refractivity contribution < 1.29 is 4.79 Å². The second-order valence-corrected chi connectivity index (χ2v) is 6.77. The van der Waals surface area contributed by atoms with Gasteiger partial charge >= 0.3 is 0 Å². The first kappa shape index (κ1) is 16.0. The third-order valence-corrected chi connectivity index (χ3v) is 4.74. The molecular weight excluding hydrogens is 330 g/mol. The van der Waals surface area contributed by atoms with E-state index in [1.54, 1.807) is 24.0 Å². The van der Waals surface area contributed by atoms with Crippen LogP contribution >= 0.6 is 23.4 Å². The van der Waals surface area contributed by atoms with Gasteiger partial charge in [-0.3, -0.25) is 4.79 Å². The van der Waals surface area contributed by atoms with Gasteiger partial charge in [0.25, 0.3) is 5.91 Å². The smallest absolute Gasteiger partial charge is 0.279 e. The minimum Gasteiger partial charge on any atom is -0.346 e. The topological polar surface area (TPSA) is 45.6 Å². The predicted molar refractivity (Wildman–Crippen MR) is 95.1 cm³/mol. The lowest BCUT2D eigenvalue weighted by molar-refractivity contribution is 0.100. The van der Waals surface area contributed by atoms with E-state index in [9.17, 15) is 4.79 Å². The standard InChI is InChI=1S/C17H16ClN3OS/c1-12-2-5-14(6-3-12)16(22)20-17-21(8-9-23-17)11-13-4-7-15(18)19-10-13/h2-7,10H,8-9,11H2,1H3. The van der Waals surface area contributed by atoms with Crippen molar-refractivity contribution in [1.82, 2.24) is 9.88 Å². The number of amides is 1. The summed E-state index contributed by atoms with van der Waals surface area (Å²) in [7, 11) is 0. The third kappa shape index (κ3) is 4.12. The number of carbonyl (C=O) groups excluding carboxylic acids is 1. The van der Waals surface area contributed by atoms with Gasteiger partial charge in [-0.05, 0) is 30.7 Å². The zero-order valence-corrected chi connectivity index (χ0v) is 14.3. The van der Waals surface area contributed by atoms with Crippen LogP contribution in [0.25, 0.3) is 0 Å². The highest BCUT2D eigenvalue weighted by molar-refractivity contribution is 8.14. The van der Waals surface area contributed by atoms with Crippen LogP contribution in [0.2, 0.25) is 5.15 Å². The number of pyridine rings is 1. The quantitative estimate of drug-likeness (QED) is 0.794. The molecule has 3 rings (SSSR count). The van der Waals surface area contributed by atoms with E-state index in [2.05, 4.69) is 14.9 Å². The van der Waals surface area contributed by atoms with E-state index in [4.69, 9.17) is 11.6 Å². The van der Waals surface area contributed by atoms with E-state index in [0.717, 1.165) is 28.6 Å². The molecule has 1 amide bonds. The molecule has 1 aromatic heterocycles. The summed E-state index contributed by atoms with van der Waals surface area (Å²) in [5.74, 6) is 0.731. The van der Waals surface area contributed by atoms with Crippen LogP contribution in [-0.2, 0) is 6.54 Å². The monoisotopic (exact) mass is 345 g/mol. The average molecular weight is 346 g/mol. The van der Waals surface area contributed by atoms with Crippen LogP contribution in [0.4, 0.5) is 0 Å². The third-order valence-electron chi connectivity index (χ3n) is 3.52. The second-order valence-electron chi connectivity index (χ2n) is 5.32. The van der Waals surface area contributed by atoms with E-state index in [1.165, 1.54) is 0 Å². The Labute approximate surface area is 144 Å². The molecule has 0 unspecified atom stereocenters. The van der Waals surface area contributed by atoms with Crippen molar-refractivity contribution in [1.29, 1.82) is 0 Å². The molecule has 2 heterocycles. The van der Waals surface area contributed by atoms with Gasteiger partial charge in [0, 0.05) is 30.6 Å². The summed E-state index contributed by atoms with van der Waals surface area (Å²) in [6, 6.07) is 11.2. The van der Waals surface area contributed by atoms with Crippen molar-refractivity contribution in [3.8, 4) is 0 Å². The lowest BCUT2D eigenvalue weighted by atomic mass is 10.1. The minimum absolute atomic E-state index is 0.200. The van der Waals surface area contributed by atoms with Crippen LogP contribution in [0.1, 0.15) is 21.5 Å². The Balaban J connectivity index is 1.73. The molecule has 0 bridgehead atoms. The lowest BCUT2D eigenvalue weighted by Crippen LogP contribution is -2.24. The number of thioether (sulfide) groups is 1. The molecule has 6 heteroatoms. The van der Waals surface area contributed by atoms with E-state index in [0.29, 0.717) is 17.3 Å². The van der Waals surface area contributed by atoms with Gasteiger partial charge < -0.3 is 4.90 Å². The summed E-state index contributed by atoms with van der Waals surface area (Å²) in [6.07, 6.45) is 1.75. The zero-order valence-electron chi connectivity index (χ0n) is 12.7. The van der Waals surface area contributed by atoms with Crippen molar-refractivity contribution in [2.24, 2.45) is 4.99 Å². The number of hydrogen-bond acceptors (Lipinski definition) is 3. The van der Waals surface area contributed by atoms with Crippen molar-refractivity contribution in [2.45, 2.75) is 13.5 Å². The molecule has 23 heavy (non-hydrogen) atoms. The maximum Gasteiger partial charge on any atom is 0.279 e. The number of aromatic nitrogens is 1. The molecule has 4 nitrogen and oxygen atoms in total. The molecule has 1 aliphatic heterocycles. The van der Waals surface area contributed by atoms with Crippen LogP contribution in [0.15, 0.2) is 47.6 Å². The maximum absolute atomic E-state index is 12.3. The van der Waals surface area contributed by atoms with E-state index in [1.807, 2.05) is 37.3 Å². The molecular formula is C17H16ClN3OS. The van der Waals surface area contributed by atoms with Gasteiger partial charge in [0.2, 0.25) is 0 Å². The number of halogens is 1. The van der Waals surface area contributed by atoms with Crippen LogP contribution < -0.4 is 0 Å².